The molecule has 5 heterocycles. The van der Waals surface area contributed by atoms with E-state index in [0.717, 1.165) is 13.8 Å². The highest BCUT2D eigenvalue weighted by molar-refractivity contribution is 5.73. The van der Waals surface area contributed by atoms with Crippen molar-refractivity contribution in [3.63, 3.8) is 0 Å². The second-order valence-corrected chi connectivity index (χ2v) is 15.4. The van der Waals surface area contributed by atoms with Gasteiger partial charge in [-0.3, -0.25) is 9.59 Å². The molecule has 5 aliphatic heterocycles. The van der Waals surface area contributed by atoms with E-state index in [1.807, 2.05) is 0 Å². The van der Waals surface area contributed by atoms with E-state index in [1.165, 1.54) is 0 Å². The van der Waals surface area contributed by atoms with Crippen LogP contribution in [0.15, 0.2) is 0 Å². The third-order valence-electron chi connectivity index (χ3n) is 11.1. The normalized spacial score (nSPS) is 49.0. The lowest BCUT2D eigenvalue weighted by Crippen LogP contribution is -2.70. The summed E-state index contributed by atoms with van der Waals surface area (Å²) in [6.07, 6.45) is -42.2. The Bertz CT molecular complexity index is 1440. The molecule has 5 rings (SSSR count). The summed E-state index contributed by atoms with van der Waals surface area (Å²) in [7, 11) is 0. The molecular weight excluding hydrogens is 852 g/mol. The zero-order chi connectivity index (χ0) is 45.9. The fraction of sp³-hybridized carbons (Fsp3) is 0.941. The molecule has 0 aromatic carbocycles. The maximum absolute atomic E-state index is 12.5. The lowest BCUT2D eigenvalue weighted by Gasteiger charge is -2.50. The van der Waals surface area contributed by atoms with Crippen molar-refractivity contribution in [2.24, 2.45) is 0 Å². The SMILES string of the molecule is CC(=O)N[C@H]1[C@H](O[C@H]2[C@@H](O)[C@@H](CO)O[C@@H](O[C@H]3[C@H](O)[C@@H](O)C(O)O[C@@H]3CO)[C@@H]2O)O[C@H](CO)[C@@H](O[C@@H]2O[C@H](CO)[C@H](O)[C@@H](O[C@@H]3O[C@H](CO)[C@@H](O)[C@H](O)[C@H]3NC(C)=O)[C@H]2O)[C@@H]1O. The van der Waals surface area contributed by atoms with Gasteiger partial charge in [0.25, 0.3) is 0 Å². The molecular formula is C34H58N2O26. The van der Waals surface area contributed by atoms with E-state index in [9.17, 15) is 86.2 Å². The van der Waals surface area contributed by atoms with Gasteiger partial charge in [-0.15, -0.1) is 0 Å². The van der Waals surface area contributed by atoms with Crippen molar-refractivity contribution in [1.82, 2.24) is 10.6 Å². The fourth-order valence-electron chi connectivity index (χ4n) is 7.83. The van der Waals surface area contributed by atoms with Crippen LogP contribution in [0.4, 0.5) is 0 Å². The van der Waals surface area contributed by atoms with E-state index in [4.69, 9.17) is 42.6 Å². The van der Waals surface area contributed by atoms with Crippen LogP contribution in [0.1, 0.15) is 13.8 Å². The number of carbonyl (C=O) groups excluding carboxylic acids is 2. The first kappa shape index (κ1) is 51.0. The molecule has 0 bridgehead atoms. The highest BCUT2D eigenvalue weighted by Crippen LogP contribution is 2.35. The van der Waals surface area contributed by atoms with Gasteiger partial charge < -0.3 is 130 Å². The molecule has 5 aliphatic rings. The van der Waals surface area contributed by atoms with Crippen LogP contribution in [0.25, 0.3) is 0 Å². The number of rotatable bonds is 15. The van der Waals surface area contributed by atoms with Crippen LogP contribution >= 0.6 is 0 Å². The Hall–Kier alpha value is -2.02. The van der Waals surface area contributed by atoms with Gasteiger partial charge >= 0.3 is 0 Å². The predicted octanol–water partition coefficient (Wildman–Crippen LogP) is -11.6. The topological polar surface area (TPSA) is 445 Å². The minimum absolute atomic E-state index is 0.726. The Labute approximate surface area is 351 Å². The van der Waals surface area contributed by atoms with Gasteiger partial charge in [-0.2, -0.15) is 0 Å². The lowest BCUT2D eigenvalue weighted by molar-refractivity contribution is -0.384. The number of amides is 2. The van der Waals surface area contributed by atoms with Crippen LogP contribution in [-0.2, 0) is 52.2 Å². The number of hydrogen-bond donors (Lipinski definition) is 17. The Morgan fingerprint density at radius 1 is 0.387 bits per heavy atom. The van der Waals surface area contributed by atoms with E-state index in [1.54, 1.807) is 0 Å². The van der Waals surface area contributed by atoms with Gasteiger partial charge in [0.05, 0.1) is 33.0 Å². The number of aliphatic hydroxyl groups excluding tert-OH is 15. The minimum Gasteiger partial charge on any atom is -0.394 e. The maximum Gasteiger partial charge on any atom is 0.217 e. The molecule has 1 unspecified atom stereocenters. The Morgan fingerprint density at radius 2 is 0.726 bits per heavy atom. The summed E-state index contributed by atoms with van der Waals surface area (Å²) in [5.74, 6) is -1.55. The average Bonchev–Trinajstić information content (AvgIpc) is 3.23. The molecule has 0 saturated carbocycles. The Balaban J connectivity index is 1.37. The lowest BCUT2D eigenvalue weighted by atomic mass is 9.94. The van der Waals surface area contributed by atoms with Crippen LogP contribution in [0.3, 0.4) is 0 Å². The predicted molar refractivity (Wildman–Crippen MR) is 190 cm³/mol. The molecule has 0 aliphatic carbocycles. The number of carbonyl (C=O) groups is 2. The van der Waals surface area contributed by atoms with Crippen molar-refractivity contribution < 1.29 is 129 Å². The minimum atomic E-state index is -2.10. The first-order chi connectivity index (χ1) is 29.3. The van der Waals surface area contributed by atoms with Crippen LogP contribution in [0.2, 0.25) is 0 Å². The number of aliphatic hydroxyl groups is 15. The van der Waals surface area contributed by atoms with Crippen molar-refractivity contribution in [2.45, 2.75) is 167 Å². The monoisotopic (exact) mass is 910 g/mol. The largest absolute Gasteiger partial charge is 0.394 e. The van der Waals surface area contributed by atoms with Gasteiger partial charge in [-0.25, -0.2) is 0 Å². The molecule has 28 heteroatoms. The molecule has 0 aromatic rings. The zero-order valence-electron chi connectivity index (χ0n) is 33.2. The first-order valence-electron chi connectivity index (χ1n) is 19.6. The van der Waals surface area contributed by atoms with Crippen molar-refractivity contribution >= 4 is 11.8 Å². The molecule has 28 nitrogen and oxygen atoms in total. The van der Waals surface area contributed by atoms with Crippen LogP contribution < -0.4 is 10.6 Å². The van der Waals surface area contributed by atoms with Crippen LogP contribution in [0, 0.1) is 0 Å². The van der Waals surface area contributed by atoms with E-state index in [0.29, 0.717) is 0 Å². The van der Waals surface area contributed by atoms with Crippen LogP contribution in [-0.4, -0.2) is 275 Å². The number of hydrogen-bond acceptors (Lipinski definition) is 26. The summed E-state index contributed by atoms with van der Waals surface area (Å²) >= 11 is 0. The van der Waals surface area contributed by atoms with E-state index < -0.39 is 198 Å². The van der Waals surface area contributed by atoms with Gasteiger partial charge in [-0.1, -0.05) is 0 Å². The molecule has 17 N–H and O–H groups in total. The highest BCUT2D eigenvalue weighted by Gasteiger charge is 2.57. The van der Waals surface area contributed by atoms with Crippen molar-refractivity contribution in [2.75, 3.05) is 33.0 Å². The summed E-state index contributed by atoms with van der Waals surface area (Å²) in [5, 5.41) is 163. The summed E-state index contributed by atoms with van der Waals surface area (Å²) in [6.45, 7) is -2.53. The van der Waals surface area contributed by atoms with Crippen molar-refractivity contribution in [1.29, 1.82) is 0 Å². The molecule has 62 heavy (non-hydrogen) atoms. The van der Waals surface area contributed by atoms with Crippen molar-refractivity contribution in [3.05, 3.63) is 0 Å². The summed E-state index contributed by atoms with van der Waals surface area (Å²) in [4.78, 5) is 24.4. The first-order valence-corrected chi connectivity index (χ1v) is 19.6. The summed E-state index contributed by atoms with van der Waals surface area (Å²) in [5.41, 5.74) is 0. The van der Waals surface area contributed by atoms with Gasteiger partial charge in [0.1, 0.15) is 122 Å². The number of nitrogens with one attached hydrogen (secondary N) is 2. The van der Waals surface area contributed by atoms with E-state index >= 15 is 0 Å². The standard InChI is InChI=1S/C34H58N2O26/c1-8(42)35-15-20(47)17(44)10(3-37)55-31(15)61-28-18(45)11(4-38)56-33(24(28)51)59-26-14(7-41)58-32(16(21(26)48)36-9(2)43)62-29-19(46)12(5-39)57-34(25(29)52)60-27-13(6-40)54-30(53)23(50)22(27)49/h10-34,37-41,44-53H,3-7H2,1-2H3,(H,35,42)(H,36,43)/t10-,11-,12-,13-,14-,15-,16-,17-,18+,19+,20-,21-,22-,23-,24-,25-,26-,27-,28-,29+,30?,31+,32+,33+,34+/m1/s1. The van der Waals surface area contributed by atoms with Gasteiger partial charge in [0.2, 0.25) is 11.8 Å². The highest BCUT2D eigenvalue weighted by atomic mass is 16.8. The fourth-order valence-corrected chi connectivity index (χ4v) is 7.83. The third kappa shape index (κ3) is 10.8. The molecule has 360 valence electrons. The van der Waals surface area contributed by atoms with Gasteiger partial charge in [0, 0.05) is 13.8 Å². The second-order valence-electron chi connectivity index (χ2n) is 15.4. The summed E-state index contributed by atoms with van der Waals surface area (Å²) < 4.78 is 50.7. The molecule has 5 fully saturated rings. The van der Waals surface area contributed by atoms with E-state index in [-0.39, 0.29) is 0 Å². The zero-order valence-corrected chi connectivity index (χ0v) is 33.2. The smallest absolute Gasteiger partial charge is 0.217 e. The van der Waals surface area contributed by atoms with Gasteiger partial charge in [0.15, 0.2) is 31.5 Å². The Kier molecular flexibility index (Phi) is 18.1. The molecule has 25 atom stereocenters. The number of ether oxygens (including phenoxy) is 9. The Morgan fingerprint density at radius 3 is 1.15 bits per heavy atom. The average molecular weight is 911 g/mol. The maximum atomic E-state index is 12.5. The molecule has 2 amide bonds. The van der Waals surface area contributed by atoms with Crippen LogP contribution in [0.5, 0.6) is 0 Å². The molecule has 5 saturated heterocycles. The van der Waals surface area contributed by atoms with Gasteiger partial charge in [-0.05, 0) is 0 Å². The summed E-state index contributed by atoms with van der Waals surface area (Å²) in [6, 6.07) is -3.28. The van der Waals surface area contributed by atoms with Crippen molar-refractivity contribution in [3.8, 4) is 0 Å². The molecule has 0 aromatic heterocycles. The molecule has 0 radical (unpaired) electrons. The van der Waals surface area contributed by atoms with E-state index in [2.05, 4.69) is 10.6 Å². The second kappa shape index (κ2) is 22.0. The third-order valence-corrected chi connectivity index (χ3v) is 11.1. The quantitative estimate of drug-likeness (QED) is 0.0725. The molecule has 0 spiro atoms.